The van der Waals surface area contributed by atoms with Crippen molar-refractivity contribution in [2.75, 3.05) is 11.9 Å². The van der Waals surface area contributed by atoms with Gasteiger partial charge in [-0.2, -0.15) is 0 Å². The minimum atomic E-state index is -0.919. The highest BCUT2D eigenvalue weighted by atomic mass is 79.9. The third-order valence-electron chi connectivity index (χ3n) is 4.40. The van der Waals surface area contributed by atoms with E-state index >= 15 is 0 Å². The summed E-state index contributed by atoms with van der Waals surface area (Å²) in [6.45, 7) is -0.396. The molecule has 5 nitrogen and oxygen atoms in total. The van der Waals surface area contributed by atoms with Gasteiger partial charge in [0.15, 0.2) is 18.2 Å². The third-order valence-corrected chi connectivity index (χ3v) is 4.92. The smallest absolute Gasteiger partial charge is 0.329 e. The van der Waals surface area contributed by atoms with Crippen LogP contribution in [0.15, 0.2) is 89.4 Å². The van der Waals surface area contributed by atoms with E-state index in [0.29, 0.717) is 16.8 Å². The standard InChI is InChI=1S/C24H20BrNO4/c25-19-13-11-18(12-14-19)23(28)16-30-24(29)21(26-20-9-5-2-6-10-20)15-22(27)17-7-3-1-4-8-17/h1-14,21,26H,15-16H2/t21-/m1/s1. The van der Waals surface area contributed by atoms with E-state index in [1.54, 1.807) is 60.7 Å². The SMILES string of the molecule is O=C(COC(=O)[C@@H](CC(=O)c1ccccc1)Nc1ccccc1)c1ccc(Br)cc1. The lowest BCUT2D eigenvalue weighted by atomic mass is 10.0. The second-order valence-corrected chi connectivity index (χ2v) is 7.51. The maximum atomic E-state index is 12.7. The molecule has 0 amide bonds. The Bertz CT molecular complexity index is 1000. The topological polar surface area (TPSA) is 72.5 Å². The average Bonchev–Trinajstić information content (AvgIpc) is 2.78. The summed E-state index contributed by atoms with van der Waals surface area (Å²) in [6.07, 6.45) is -0.0930. The Morgan fingerprint density at radius 1 is 0.767 bits per heavy atom. The molecule has 1 N–H and O–H groups in total. The monoisotopic (exact) mass is 465 g/mol. The highest BCUT2D eigenvalue weighted by Gasteiger charge is 2.25. The number of carbonyl (C=O) groups excluding carboxylic acids is 3. The van der Waals surface area contributed by atoms with Crippen molar-refractivity contribution in [1.29, 1.82) is 0 Å². The van der Waals surface area contributed by atoms with E-state index in [4.69, 9.17) is 4.74 Å². The number of carbonyl (C=O) groups is 3. The third kappa shape index (κ3) is 6.12. The molecule has 1 atom stereocenters. The highest BCUT2D eigenvalue weighted by molar-refractivity contribution is 9.10. The van der Waals surface area contributed by atoms with Gasteiger partial charge in [-0.3, -0.25) is 9.59 Å². The number of Topliss-reactive ketones (excluding diaryl/α,β-unsaturated/α-hetero) is 2. The molecular formula is C24H20BrNO4. The number of esters is 1. The van der Waals surface area contributed by atoms with Gasteiger partial charge >= 0.3 is 5.97 Å². The molecular weight excluding hydrogens is 446 g/mol. The van der Waals surface area contributed by atoms with Crippen molar-refractivity contribution in [3.8, 4) is 0 Å². The molecule has 0 aliphatic heterocycles. The van der Waals surface area contributed by atoms with Crippen LogP contribution in [-0.4, -0.2) is 30.2 Å². The molecule has 3 aromatic rings. The van der Waals surface area contributed by atoms with Crippen LogP contribution < -0.4 is 5.32 Å². The van der Waals surface area contributed by atoms with Crippen LogP contribution in [0.2, 0.25) is 0 Å². The van der Waals surface area contributed by atoms with Gasteiger partial charge < -0.3 is 10.1 Å². The summed E-state index contributed by atoms with van der Waals surface area (Å²) < 4.78 is 6.09. The molecule has 0 aliphatic rings. The molecule has 3 rings (SSSR count). The predicted octanol–water partition coefficient (Wildman–Crippen LogP) is 4.93. The zero-order valence-corrected chi connectivity index (χ0v) is 17.7. The Labute approximate surface area is 183 Å². The number of anilines is 1. The van der Waals surface area contributed by atoms with Crippen molar-refractivity contribution in [2.45, 2.75) is 12.5 Å². The molecule has 3 aromatic carbocycles. The summed E-state index contributed by atoms with van der Waals surface area (Å²) >= 11 is 3.31. The van der Waals surface area contributed by atoms with Crippen LogP contribution >= 0.6 is 15.9 Å². The number of nitrogens with one attached hydrogen (secondary N) is 1. The molecule has 0 fully saturated rings. The second kappa shape index (κ2) is 10.5. The number of ether oxygens (including phenoxy) is 1. The van der Waals surface area contributed by atoms with E-state index in [9.17, 15) is 14.4 Å². The van der Waals surface area contributed by atoms with E-state index in [2.05, 4.69) is 21.2 Å². The molecule has 0 radical (unpaired) electrons. The second-order valence-electron chi connectivity index (χ2n) is 6.59. The van der Waals surface area contributed by atoms with Crippen LogP contribution in [0.5, 0.6) is 0 Å². The van der Waals surface area contributed by atoms with Gasteiger partial charge in [-0.05, 0) is 24.3 Å². The number of hydrogen-bond acceptors (Lipinski definition) is 5. The summed E-state index contributed by atoms with van der Waals surface area (Å²) in [7, 11) is 0. The number of para-hydroxylation sites is 1. The fraction of sp³-hybridized carbons (Fsp3) is 0.125. The van der Waals surface area contributed by atoms with E-state index in [-0.39, 0.29) is 18.0 Å². The summed E-state index contributed by atoms with van der Waals surface area (Å²) in [5.41, 5.74) is 1.63. The van der Waals surface area contributed by atoms with Gasteiger partial charge in [0, 0.05) is 27.7 Å². The zero-order chi connectivity index (χ0) is 21.3. The molecule has 0 spiro atoms. The number of benzene rings is 3. The van der Waals surface area contributed by atoms with Gasteiger partial charge in [0.1, 0.15) is 6.04 Å². The van der Waals surface area contributed by atoms with Gasteiger partial charge in [-0.15, -0.1) is 0 Å². The molecule has 30 heavy (non-hydrogen) atoms. The summed E-state index contributed by atoms with van der Waals surface area (Å²) in [4.78, 5) is 37.6. The molecule has 152 valence electrons. The number of halogens is 1. The van der Waals surface area contributed by atoms with Crippen molar-refractivity contribution in [2.24, 2.45) is 0 Å². The van der Waals surface area contributed by atoms with E-state index < -0.39 is 18.6 Å². The lowest BCUT2D eigenvalue weighted by Crippen LogP contribution is -2.34. The highest BCUT2D eigenvalue weighted by Crippen LogP contribution is 2.14. The first-order chi connectivity index (χ1) is 14.5. The van der Waals surface area contributed by atoms with E-state index in [1.165, 1.54) is 0 Å². The van der Waals surface area contributed by atoms with Crippen molar-refractivity contribution >= 4 is 39.2 Å². The molecule has 0 unspecified atom stereocenters. The normalized spacial score (nSPS) is 11.4. The lowest BCUT2D eigenvalue weighted by Gasteiger charge is -2.18. The molecule has 0 aromatic heterocycles. The van der Waals surface area contributed by atoms with Crippen LogP contribution in [-0.2, 0) is 9.53 Å². The number of ketones is 2. The fourth-order valence-corrected chi connectivity index (χ4v) is 3.08. The number of hydrogen-bond donors (Lipinski definition) is 1. The van der Waals surface area contributed by atoms with E-state index in [1.807, 2.05) is 24.3 Å². The fourth-order valence-electron chi connectivity index (χ4n) is 2.81. The average molecular weight is 466 g/mol. The Balaban J connectivity index is 1.68. The van der Waals surface area contributed by atoms with Crippen LogP contribution in [0.25, 0.3) is 0 Å². The molecule has 0 aliphatic carbocycles. The van der Waals surface area contributed by atoms with Gasteiger partial charge in [0.25, 0.3) is 0 Å². The van der Waals surface area contributed by atoms with Crippen molar-refractivity contribution < 1.29 is 19.1 Å². The van der Waals surface area contributed by atoms with Crippen LogP contribution in [0.4, 0.5) is 5.69 Å². The molecule has 0 saturated carbocycles. The van der Waals surface area contributed by atoms with E-state index in [0.717, 1.165) is 4.47 Å². The minimum Gasteiger partial charge on any atom is -0.456 e. The first-order valence-corrected chi connectivity index (χ1v) is 10.2. The largest absolute Gasteiger partial charge is 0.456 e. The van der Waals surface area contributed by atoms with Gasteiger partial charge in [-0.1, -0.05) is 76.6 Å². The molecule has 0 heterocycles. The maximum absolute atomic E-state index is 12.7. The maximum Gasteiger partial charge on any atom is 0.329 e. The lowest BCUT2D eigenvalue weighted by molar-refractivity contribution is -0.143. The quantitative estimate of drug-likeness (QED) is 0.358. The molecule has 6 heteroatoms. The van der Waals surface area contributed by atoms with Crippen molar-refractivity contribution in [3.05, 3.63) is 101 Å². The Morgan fingerprint density at radius 2 is 1.33 bits per heavy atom. The minimum absolute atomic E-state index is 0.0930. The van der Waals surface area contributed by atoms with Gasteiger partial charge in [0.05, 0.1) is 0 Å². The molecule has 0 bridgehead atoms. The molecule has 0 saturated heterocycles. The first kappa shape index (κ1) is 21.5. The first-order valence-electron chi connectivity index (χ1n) is 9.38. The predicted molar refractivity (Wildman–Crippen MR) is 119 cm³/mol. The zero-order valence-electron chi connectivity index (χ0n) is 16.1. The van der Waals surface area contributed by atoms with Gasteiger partial charge in [-0.25, -0.2) is 4.79 Å². The van der Waals surface area contributed by atoms with Crippen molar-refractivity contribution in [3.63, 3.8) is 0 Å². The Morgan fingerprint density at radius 3 is 1.97 bits per heavy atom. The van der Waals surface area contributed by atoms with Gasteiger partial charge in [0.2, 0.25) is 0 Å². The Kier molecular flexibility index (Phi) is 7.51. The van der Waals surface area contributed by atoms with Crippen LogP contribution in [0.1, 0.15) is 27.1 Å². The van der Waals surface area contributed by atoms with Crippen molar-refractivity contribution in [1.82, 2.24) is 0 Å². The van der Waals surface area contributed by atoms with Crippen LogP contribution in [0, 0.1) is 0 Å². The van der Waals surface area contributed by atoms with Crippen LogP contribution in [0.3, 0.4) is 0 Å². The number of rotatable bonds is 9. The summed E-state index contributed by atoms with van der Waals surface area (Å²) in [5, 5.41) is 3.04. The summed E-state index contributed by atoms with van der Waals surface area (Å²) in [5.74, 6) is -1.17. The summed E-state index contributed by atoms with van der Waals surface area (Å²) in [6, 6.07) is 23.7. The Hall–Kier alpha value is -3.25.